The molecule has 3 nitrogen and oxygen atoms in total. The van der Waals surface area contributed by atoms with Crippen LogP contribution in [0.1, 0.15) is 5.56 Å². The molecule has 0 aromatic heterocycles. The van der Waals surface area contributed by atoms with Gasteiger partial charge in [0.25, 0.3) is 0 Å². The van der Waals surface area contributed by atoms with E-state index in [1.807, 2.05) is 24.3 Å². The smallest absolute Gasteiger partial charge is 0.314 e. The summed E-state index contributed by atoms with van der Waals surface area (Å²) in [6.07, 6.45) is 0.759. The number of halogens is 2. The van der Waals surface area contributed by atoms with Gasteiger partial charge in [0, 0.05) is 24.0 Å². The van der Waals surface area contributed by atoms with Crippen LogP contribution < -0.4 is 10.6 Å². The maximum absolute atomic E-state index is 11.2. The number of hydrogen-bond donors (Lipinski definition) is 2. The molecule has 2 amide bonds. The fourth-order valence-corrected chi connectivity index (χ4v) is 1.54. The predicted molar refractivity (Wildman–Crippen MR) is 67.3 cm³/mol. The molecular weight excluding hydrogens is 247 g/mol. The molecule has 0 heterocycles. The molecule has 1 aromatic carbocycles. The zero-order valence-electron chi connectivity index (χ0n) is 8.80. The number of amides is 2. The molecular formula is C11H14Cl2N2O. The average Bonchev–Trinajstić information content (AvgIpc) is 2.26. The van der Waals surface area contributed by atoms with Crippen LogP contribution in [0.2, 0.25) is 5.02 Å². The lowest BCUT2D eigenvalue weighted by Gasteiger charge is -2.06. The number of alkyl halides is 1. The van der Waals surface area contributed by atoms with Crippen LogP contribution in [-0.4, -0.2) is 25.0 Å². The van der Waals surface area contributed by atoms with Crippen LogP contribution in [0.4, 0.5) is 4.79 Å². The Morgan fingerprint density at radius 3 is 2.69 bits per heavy atom. The Hall–Kier alpha value is -0.930. The SMILES string of the molecule is O=C(NCCCl)NCCc1cccc(Cl)c1. The number of nitrogens with one attached hydrogen (secondary N) is 2. The Balaban J connectivity index is 2.22. The van der Waals surface area contributed by atoms with E-state index in [0.29, 0.717) is 24.0 Å². The van der Waals surface area contributed by atoms with Gasteiger partial charge in [0.2, 0.25) is 0 Å². The van der Waals surface area contributed by atoms with Crippen LogP contribution >= 0.6 is 23.2 Å². The zero-order chi connectivity index (χ0) is 11.8. The van der Waals surface area contributed by atoms with Crippen molar-refractivity contribution in [1.29, 1.82) is 0 Å². The number of benzene rings is 1. The van der Waals surface area contributed by atoms with Crippen molar-refractivity contribution >= 4 is 29.2 Å². The van der Waals surface area contributed by atoms with Crippen LogP contribution in [0, 0.1) is 0 Å². The second-order valence-electron chi connectivity index (χ2n) is 3.25. The topological polar surface area (TPSA) is 41.1 Å². The molecule has 0 atom stereocenters. The largest absolute Gasteiger partial charge is 0.338 e. The Morgan fingerprint density at radius 1 is 1.25 bits per heavy atom. The zero-order valence-corrected chi connectivity index (χ0v) is 10.3. The number of carbonyl (C=O) groups is 1. The molecule has 0 aliphatic carbocycles. The number of carbonyl (C=O) groups excluding carboxylic acids is 1. The third kappa shape index (κ3) is 5.24. The summed E-state index contributed by atoms with van der Waals surface area (Å²) in [5.41, 5.74) is 1.10. The molecule has 0 spiro atoms. The van der Waals surface area contributed by atoms with E-state index >= 15 is 0 Å². The highest BCUT2D eigenvalue weighted by molar-refractivity contribution is 6.30. The van der Waals surface area contributed by atoms with Gasteiger partial charge in [-0.1, -0.05) is 23.7 Å². The van der Waals surface area contributed by atoms with Crippen molar-refractivity contribution in [3.05, 3.63) is 34.9 Å². The minimum atomic E-state index is -0.192. The van der Waals surface area contributed by atoms with Gasteiger partial charge in [-0.3, -0.25) is 0 Å². The van der Waals surface area contributed by atoms with Gasteiger partial charge >= 0.3 is 6.03 Å². The summed E-state index contributed by atoms with van der Waals surface area (Å²) in [4.78, 5) is 11.2. The number of urea groups is 1. The lowest BCUT2D eigenvalue weighted by atomic mass is 10.1. The molecule has 0 fully saturated rings. The predicted octanol–water partition coefficient (Wildman–Crippen LogP) is 2.42. The molecule has 88 valence electrons. The first-order valence-corrected chi connectivity index (χ1v) is 5.95. The van der Waals surface area contributed by atoms with E-state index < -0.39 is 0 Å². The fourth-order valence-electron chi connectivity index (χ4n) is 1.24. The third-order valence-corrected chi connectivity index (χ3v) is 2.39. The second kappa shape index (κ2) is 7.36. The summed E-state index contributed by atoms with van der Waals surface area (Å²) in [6.45, 7) is 1.05. The monoisotopic (exact) mass is 260 g/mol. The Morgan fingerprint density at radius 2 is 2.00 bits per heavy atom. The summed E-state index contributed by atoms with van der Waals surface area (Å²) in [5, 5.41) is 6.07. The van der Waals surface area contributed by atoms with Crippen LogP contribution in [0.25, 0.3) is 0 Å². The third-order valence-electron chi connectivity index (χ3n) is 1.97. The molecule has 1 rings (SSSR count). The van der Waals surface area contributed by atoms with Gasteiger partial charge in [-0.05, 0) is 24.1 Å². The van der Waals surface area contributed by atoms with Crippen molar-refractivity contribution < 1.29 is 4.79 Å². The average molecular weight is 261 g/mol. The van der Waals surface area contributed by atoms with Crippen molar-refractivity contribution in [2.45, 2.75) is 6.42 Å². The Kier molecular flexibility index (Phi) is 6.04. The van der Waals surface area contributed by atoms with Crippen LogP contribution in [0.3, 0.4) is 0 Å². The maximum atomic E-state index is 11.2. The highest BCUT2D eigenvalue weighted by Gasteiger charge is 1.98. The van der Waals surface area contributed by atoms with Gasteiger partial charge in [0.15, 0.2) is 0 Å². The molecule has 0 aliphatic heterocycles. The van der Waals surface area contributed by atoms with E-state index in [1.54, 1.807) is 0 Å². The van der Waals surface area contributed by atoms with E-state index in [9.17, 15) is 4.79 Å². The minimum Gasteiger partial charge on any atom is -0.338 e. The Bertz CT molecular complexity index is 345. The first-order chi connectivity index (χ1) is 7.72. The van der Waals surface area contributed by atoms with E-state index in [1.165, 1.54) is 0 Å². The van der Waals surface area contributed by atoms with Gasteiger partial charge in [-0.25, -0.2) is 4.79 Å². The molecule has 1 aromatic rings. The first-order valence-electron chi connectivity index (χ1n) is 5.04. The van der Waals surface area contributed by atoms with E-state index in [2.05, 4.69) is 10.6 Å². The molecule has 0 saturated carbocycles. The summed E-state index contributed by atoms with van der Waals surface area (Å²) in [7, 11) is 0. The summed E-state index contributed by atoms with van der Waals surface area (Å²) >= 11 is 11.3. The van der Waals surface area contributed by atoms with Crippen LogP contribution in [-0.2, 0) is 6.42 Å². The fraction of sp³-hybridized carbons (Fsp3) is 0.364. The molecule has 0 saturated heterocycles. The van der Waals surface area contributed by atoms with Gasteiger partial charge in [-0.2, -0.15) is 0 Å². The quantitative estimate of drug-likeness (QED) is 0.785. The van der Waals surface area contributed by atoms with Gasteiger partial charge < -0.3 is 10.6 Å². The second-order valence-corrected chi connectivity index (χ2v) is 4.07. The minimum absolute atomic E-state index is 0.192. The van der Waals surface area contributed by atoms with Gasteiger partial charge in [-0.15, -0.1) is 11.6 Å². The molecule has 0 bridgehead atoms. The summed E-state index contributed by atoms with van der Waals surface area (Å²) in [5.74, 6) is 0.418. The number of hydrogen-bond acceptors (Lipinski definition) is 1. The molecule has 2 N–H and O–H groups in total. The molecule has 5 heteroatoms. The lowest BCUT2D eigenvalue weighted by Crippen LogP contribution is -2.37. The van der Waals surface area contributed by atoms with Crippen molar-refractivity contribution in [2.24, 2.45) is 0 Å². The first kappa shape index (κ1) is 13.1. The highest BCUT2D eigenvalue weighted by atomic mass is 35.5. The van der Waals surface area contributed by atoms with Crippen molar-refractivity contribution in [3.63, 3.8) is 0 Å². The van der Waals surface area contributed by atoms with Crippen molar-refractivity contribution in [3.8, 4) is 0 Å². The standard InChI is InChI=1S/C11H14Cl2N2O/c12-5-7-15-11(16)14-6-4-9-2-1-3-10(13)8-9/h1-3,8H,4-7H2,(H2,14,15,16). The molecule has 0 unspecified atom stereocenters. The van der Waals surface area contributed by atoms with Crippen molar-refractivity contribution in [2.75, 3.05) is 19.0 Å². The molecule has 16 heavy (non-hydrogen) atoms. The van der Waals surface area contributed by atoms with E-state index in [4.69, 9.17) is 23.2 Å². The van der Waals surface area contributed by atoms with E-state index in [0.717, 1.165) is 12.0 Å². The molecule has 0 radical (unpaired) electrons. The Labute approximate surface area is 105 Å². The van der Waals surface area contributed by atoms with E-state index in [-0.39, 0.29) is 6.03 Å². The van der Waals surface area contributed by atoms with Crippen LogP contribution in [0.15, 0.2) is 24.3 Å². The summed E-state index contributed by atoms with van der Waals surface area (Å²) in [6, 6.07) is 7.39. The van der Waals surface area contributed by atoms with Crippen LogP contribution in [0.5, 0.6) is 0 Å². The lowest BCUT2D eigenvalue weighted by molar-refractivity contribution is 0.241. The number of rotatable bonds is 5. The molecule has 0 aliphatic rings. The highest BCUT2D eigenvalue weighted by Crippen LogP contribution is 2.10. The van der Waals surface area contributed by atoms with Gasteiger partial charge in [0.1, 0.15) is 0 Å². The summed E-state index contributed by atoms with van der Waals surface area (Å²) < 4.78 is 0. The normalized spacial score (nSPS) is 9.88. The van der Waals surface area contributed by atoms with Gasteiger partial charge in [0.05, 0.1) is 0 Å². The van der Waals surface area contributed by atoms with Crippen molar-refractivity contribution in [1.82, 2.24) is 10.6 Å². The maximum Gasteiger partial charge on any atom is 0.314 e.